The Bertz CT molecular complexity index is 618. The van der Waals surface area contributed by atoms with Crippen LogP contribution in [0, 0.1) is 0 Å². The second kappa shape index (κ2) is 4.73. The van der Waals surface area contributed by atoms with Crippen molar-refractivity contribution in [2.45, 2.75) is 12.5 Å². The lowest BCUT2D eigenvalue weighted by molar-refractivity contribution is 0.176. The summed E-state index contributed by atoms with van der Waals surface area (Å²) < 4.78 is 22.8. The quantitative estimate of drug-likeness (QED) is 0.886. The summed E-state index contributed by atoms with van der Waals surface area (Å²) in [4.78, 5) is 0. The summed E-state index contributed by atoms with van der Waals surface area (Å²) in [5.74, 6) is -0.210. The predicted octanol–water partition coefficient (Wildman–Crippen LogP) is 1.61. The minimum absolute atomic E-state index is 0.125. The van der Waals surface area contributed by atoms with Gasteiger partial charge in [0.15, 0.2) is 0 Å². The SMILES string of the molecule is NS(=O)(=O)CCC(O)c1csc2ccccc12. The van der Waals surface area contributed by atoms with E-state index in [1.165, 1.54) is 11.3 Å². The van der Waals surface area contributed by atoms with Gasteiger partial charge in [0.25, 0.3) is 0 Å². The van der Waals surface area contributed by atoms with Crippen molar-refractivity contribution in [3.8, 4) is 0 Å². The zero-order valence-electron chi connectivity index (χ0n) is 9.04. The fraction of sp³-hybridized carbons (Fsp3) is 0.273. The molecule has 0 saturated heterocycles. The number of hydrogen-bond donors (Lipinski definition) is 2. The monoisotopic (exact) mass is 271 g/mol. The second-order valence-corrected chi connectivity index (χ2v) is 6.50. The number of hydrogen-bond acceptors (Lipinski definition) is 4. The molecule has 0 aliphatic heterocycles. The maximum absolute atomic E-state index is 10.8. The summed E-state index contributed by atoms with van der Waals surface area (Å²) in [6.45, 7) is 0. The van der Waals surface area contributed by atoms with Crippen molar-refractivity contribution in [3.05, 3.63) is 35.2 Å². The average Bonchev–Trinajstić information content (AvgIpc) is 2.68. The molecule has 0 saturated carbocycles. The van der Waals surface area contributed by atoms with Gasteiger partial charge in [-0.1, -0.05) is 18.2 Å². The van der Waals surface area contributed by atoms with E-state index in [0.717, 1.165) is 15.6 Å². The predicted molar refractivity (Wildman–Crippen MR) is 69.4 cm³/mol. The van der Waals surface area contributed by atoms with E-state index < -0.39 is 16.1 Å². The molecule has 4 nitrogen and oxygen atoms in total. The Labute approximate surface area is 104 Å². The van der Waals surface area contributed by atoms with E-state index in [9.17, 15) is 13.5 Å². The molecule has 1 unspecified atom stereocenters. The van der Waals surface area contributed by atoms with Gasteiger partial charge in [-0.15, -0.1) is 11.3 Å². The van der Waals surface area contributed by atoms with E-state index >= 15 is 0 Å². The Kier molecular flexibility index (Phi) is 3.48. The number of aliphatic hydroxyl groups is 1. The molecule has 2 rings (SSSR count). The van der Waals surface area contributed by atoms with E-state index in [-0.39, 0.29) is 12.2 Å². The fourth-order valence-corrected chi connectivity index (χ4v) is 3.25. The lowest BCUT2D eigenvalue weighted by atomic mass is 10.1. The van der Waals surface area contributed by atoms with Crippen LogP contribution >= 0.6 is 11.3 Å². The van der Waals surface area contributed by atoms with Crippen LogP contribution in [0.2, 0.25) is 0 Å². The highest BCUT2D eigenvalue weighted by atomic mass is 32.2. The van der Waals surface area contributed by atoms with Crippen molar-refractivity contribution in [2.75, 3.05) is 5.75 Å². The first-order valence-corrected chi connectivity index (χ1v) is 7.71. The Morgan fingerprint density at radius 3 is 2.76 bits per heavy atom. The molecule has 0 fully saturated rings. The smallest absolute Gasteiger partial charge is 0.209 e. The number of primary sulfonamides is 1. The molecule has 92 valence electrons. The van der Waals surface area contributed by atoms with Crippen molar-refractivity contribution < 1.29 is 13.5 Å². The first-order valence-electron chi connectivity index (χ1n) is 5.12. The van der Waals surface area contributed by atoms with Crippen molar-refractivity contribution in [3.63, 3.8) is 0 Å². The van der Waals surface area contributed by atoms with E-state index in [4.69, 9.17) is 5.14 Å². The van der Waals surface area contributed by atoms with Gasteiger partial charge in [-0.3, -0.25) is 0 Å². The number of thiophene rings is 1. The first kappa shape index (κ1) is 12.5. The van der Waals surface area contributed by atoms with Gasteiger partial charge in [0.05, 0.1) is 11.9 Å². The Balaban J connectivity index is 2.22. The highest BCUT2D eigenvalue weighted by molar-refractivity contribution is 7.89. The standard InChI is InChI=1S/C11H13NO3S2/c12-17(14,15)6-5-10(13)9-7-16-11-4-2-1-3-8(9)11/h1-4,7,10,13H,5-6H2,(H2,12,14,15). The average molecular weight is 271 g/mol. The fourth-order valence-electron chi connectivity index (χ4n) is 1.69. The van der Waals surface area contributed by atoms with Crippen molar-refractivity contribution in [1.29, 1.82) is 0 Å². The maximum Gasteiger partial charge on any atom is 0.209 e. The third kappa shape index (κ3) is 3.04. The van der Waals surface area contributed by atoms with E-state index in [0.29, 0.717) is 0 Å². The lowest BCUT2D eigenvalue weighted by Crippen LogP contribution is -2.18. The normalized spacial score (nSPS) is 14.0. The Morgan fingerprint density at radius 2 is 2.06 bits per heavy atom. The minimum Gasteiger partial charge on any atom is -0.388 e. The minimum atomic E-state index is -3.52. The van der Waals surface area contributed by atoms with Crippen molar-refractivity contribution in [2.24, 2.45) is 5.14 Å². The molecular formula is C11H13NO3S2. The van der Waals surface area contributed by atoms with Gasteiger partial charge < -0.3 is 5.11 Å². The van der Waals surface area contributed by atoms with Gasteiger partial charge in [-0.05, 0) is 28.8 Å². The lowest BCUT2D eigenvalue weighted by Gasteiger charge is -2.08. The molecule has 2 aromatic rings. The molecule has 0 radical (unpaired) electrons. The molecule has 17 heavy (non-hydrogen) atoms. The van der Waals surface area contributed by atoms with Gasteiger partial charge in [0, 0.05) is 4.70 Å². The Morgan fingerprint density at radius 1 is 1.35 bits per heavy atom. The Hall–Kier alpha value is -0.950. The molecule has 1 atom stereocenters. The number of aliphatic hydroxyl groups excluding tert-OH is 1. The third-order valence-corrected chi connectivity index (χ3v) is 4.33. The molecule has 0 aliphatic rings. The van der Waals surface area contributed by atoms with Crippen LogP contribution < -0.4 is 5.14 Å². The highest BCUT2D eigenvalue weighted by Gasteiger charge is 2.15. The van der Waals surface area contributed by atoms with Gasteiger partial charge in [0.1, 0.15) is 0 Å². The molecule has 1 aromatic carbocycles. The maximum atomic E-state index is 10.8. The molecule has 3 N–H and O–H groups in total. The van der Waals surface area contributed by atoms with Crippen LogP contribution in [0.3, 0.4) is 0 Å². The summed E-state index contributed by atoms with van der Waals surface area (Å²) in [6, 6.07) is 7.71. The summed E-state index contributed by atoms with van der Waals surface area (Å²) in [7, 11) is -3.52. The van der Waals surface area contributed by atoms with Crippen LogP contribution in [0.4, 0.5) is 0 Å². The third-order valence-electron chi connectivity index (χ3n) is 2.55. The van der Waals surface area contributed by atoms with Gasteiger partial charge in [0.2, 0.25) is 10.0 Å². The largest absolute Gasteiger partial charge is 0.388 e. The molecule has 1 heterocycles. The zero-order chi connectivity index (χ0) is 12.5. The van der Waals surface area contributed by atoms with Crippen LogP contribution in [0.1, 0.15) is 18.1 Å². The van der Waals surface area contributed by atoms with Gasteiger partial charge in [-0.25, -0.2) is 13.6 Å². The number of sulfonamides is 1. The summed E-state index contributed by atoms with van der Waals surface area (Å²) >= 11 is 1.53. The van der Waals surface area contributed by atoms with Crippen LogP contribution in [0.25, 0.3) is 10.1 Å². The molecule has 0 bridgehead atoms. The molecule has 0 aliphatic carbocycles. The second-order valence-electron chi connectivity index (χ2n) is 3.86. The van der Waals surface area contributed by atoms with Crippen LogP contribution in [0.5, 0.6) is 0 Å². The van der Waals surface area contributed by atoms with E-state index in [2.05, 4.69) is 0 Å². The number of nitrogens with two attached hydrogens (primary N) is 1. The van der Waals surface area contributed by atoms with Crippen LogP contribution in [-0.4, -0.2) is 19.3 Å². The highest BCUT2D eigenvalue weighted by Crippen LogP contribution is 2.31. The summed E-state index contributed by atoms with van der Waals surface area (Å²) in [6.07, 6.45) is -0.663. The van der Waals surface area contributed by atoms with Crippen LogP contribution in [-0.2, 0) is 10.0 Å². The number of rotatable bonds is 4. The van der Waals surface area contributed by atoms with Crippen LogP contribution in [0.15, 0.2) is 29.6 Å². The van der Waals surface area contributed by atoms with Gasteiger partial charge >= 0.3 is 0 Å². The number of fused-ring (bicyclic) bond motifs is 1. The molecule has 6 heteroatoms. The molecule has 0 amide bonds. The first-order chi connectivity index (χ1) is 7.97. The molecular weight excluding hydrogens is 258 g/mol. The van der Waals surface area contributed by atoms with Crippen molar-refractivity contribution >= 4 is 31.4 Å². The van der Waals surface area contributed by atoms with E-state index in [1.54, 1.807) is 0 Å². The van der Waals surface area contributed by atoms with Gasteiger partial charge in [-0.2, -0.15) is 0 Å². The number of benzene rings is 1. The molecule has 1 aromatic heterocycles. The zero-order valence-corrected chi connectivity index (χ0v) is 10.7. The molecule has 0 spiro atoms. The summed E-state index contributed by atoms with van der Waals surface area (Å²) in [5.41, 5.74) is 0.772. The van der Waals surface area contributed by atoms with E-state index in [1.807, 2.05) is 29.6 Å². The topological polar surface area (TPSA) is 80.4 Å². The summed E-state index contributed by atoms with van der Waals surface area (Å²) in [5, 5.41) is 17.7. The van der Waals surface area contributed by atoms with Crippen molar-refractivity contribution in [1.82, 2.24) is 0 Å².